The molecule has 0 heterocycles. The van der Waals surface area contributed by atoms with Crippen molar-refractivity contribution in [3.8, 4) is 0 Å². The highest BCUT2D eigenvalue weighted by atomic mass is 16.4. The first kappa shape index (κ1) is 24.1. The third-order valence-corrected chi connectivity index (χ3v) is 4.52. The lowest BCUT2D eigenvalue weighted by Crippen LogP contribution is -2.53. The van der Waals surface area contributed by atoms with Gasteiger partial charge in [0.2, 0.25) is 17.7 Å². The fraction of sp³-hybridized carbons (Fsp3) is 0.500. The standard InChI is InChI=1S/C20H30N4O5/c1-3-13(2)18(24-16(25)9-10-21)19(27)22-12-17(26)23-15(20(28)29)11-14-7-5-4-6-8-14/h4-8,13,15,18H,3,9-12,21H2,1-2H3,(H,22,27)(H,23,26)(H,24,25)(H,28,29)/t13-,15-,18-/m0/s1. The van der Waals surface area contributed by atoms with Gasteiger partial charge < -0.3 is 26.8 Å². The van der Waals surface area contributed by atoms with Gasteiger partial charge in [0.1, 0.15) is 12.1 Å². The van der Waals surface area contributed by atoms with Gasteiger partial charge in [0, 0.05) is 19.4 Å². The maximum atomic E-state index is 12.4. The summed E-state index contributed by atoms with van der Waals surface area (Å²) in [5, 5.41) is 16.8. The fourth-order valence-electron chi connectivity index (χ4n) is 2.65. The summed E-state index contributed by atoms with van der Waals surface area (Å²) in [6.45, 7) is 3.47. The Hall–Kier alpha value is -2.94. The quantitative estimate of drug-likeness (QED) is 0.324. The van der Waals surface area contributed by atoms with Crippen LogP contribution in [0.4, 0.5) is 0 Å². The van der Waals surface area contributed by atoms with Gasteiger partial charge in [0.15, 0.2) is 0 Å². The number of carboxylic acids is 1. The SMILES string of the molecule is CC[C@H](C)[C@H](NC(=O)CCN)C(=O)NCC(=O)N[C@@H](Cc1ccccc1)C(=O)O. The molecule has 0 saturated carbocycles. The van der Waals surface area contributed by atoms with Crippen molar-refractivity contribution in [2.24, 2.45) is 11.7 Å². The first-order valence-corrected chi connectivity index (χ1v) is 9.61. The van der Waals surface area contributed by atoms with E-state index in [1.807, 2.05) is 19.9 Å². The maximum Gasteiger partial charge on any atom is 0.326 e. The summed E-state index contributed by atoms with van der Waals surface area (Å²) in [4.78, 5) is 47.8. The number of amides is 3. The van der Waals surface area contributed by atoms with Gasteiger partial charge in [-0.05, 0) is 11.5 Å². The summed E-state index contributed by atoms with van der Waals surface area (Å²) >= 11 is 0. The molecule has 0 aliphatic rings. The van der Waals surface area contributed by atoms with Crippen LogP contribution >= 0.6 is 0 Å². The molecule has 0 saturated heterocycles. The highest BCUT2D eigenvalue weighted by Crippen LogP contribution is 2.08. The topological polar surface area (TPSA) is 151 Å². The maximum absolute atomic E-state index is 12.4. The Bertz CT molecular complexity index is 695. The van der Waals surface area contributed by atoms with Crippen LogP contribution in [0.15, 0.2) is 30.3 Å². The second-order valence-electron chi connectivity index (χ2n) is 6.84. The van der Waals surface area contributed by atoms with Gasteiger partial charge in [-0.25, -0.2) is 4.79 Å². The molecule has 29 heavy (non-hydrogen) atoms. The Morgan fingerprint density at radius 1 is 1.07 bits per heavy atom. The molecular formula is C20H30N4O5. The molecule has 9 nitrogen and oxygen atoms in total. The molecule has 6 N–H and O–H groups in total. The normalized spacial score (nSPS) is 13.6. The van der Waals surface area contributed by atoms with Crippen molar-refractivity contribution < 1.29 is 24.3 Å². The van der Waals surface area contributed by atoms with E-state index in [0.717, 1.165) is 5.56 Å². The summed E-state index contributed by atoms with van der Waals surface area (Å²) in [6.07, 6.45) is 0.867. The van der Waals surface area contributed by atoms with E-state index in [1.54, 1.807) is 24.3 Å². The second-order valence-corrected chi connectivity index (χ2v) is 6.84. The van der Waals surface area contributed by atoms with E-state index >= 15 is 0 Å². The van der Waals surface area contributed by atoms with Gasteiger partial charge in [-0.1, -0.05) is 50.6 Å². The zero-order chi connectivity index (χ0) is 21.8. The monoisotopic (exact) mass is 406 g/mol. The number of hydrogen-bond acceptors (Lipinski definition) is 5. The second kappa shape index (κ2) is 12.5. The lowest BCUT2D eigenvalue weighted by molar-refractivity contribution is -0.141. The van der Waals surface area contributed by atoms with E-state index in [-0.39, 0.29) is 31.2 Å². The average molecular weight is 406 g/mol. The van der Waals surface area contributed by atoms with Crippen LogP contribution < -0.4 is 21.7 Å². The van der Waals surface area contributed by atoms with E-state index in [4.69, 9.17) is 5.73 Å². The highest BCUT2D eigenvalue weighted by molar-refractivity contribution is 5.91. The molecule has 1 rings (SSSR count). The van der Waals surface area contributed by atoms with Crippen LogP contribution in [0.2, 0.25) is 0 Å². The smallest absolute Gasteiger partial charge is 0.326 e. The molecule has 0 spiro atoms. The summed E-state index contributed by atoms with van der Waals surface area (Å²) in [7, 11) is 0. The van der Waals surface area contributed by atoms with Gasteiger partial charge in [-0.15, -0.1) is 0 Å². The number of aliphatic carboxylic acids is 1. The lowest BCUT2D eigenvalue weighted by Gasteiger charge is -2.23. The van der Waals surface area contributed by atoms with E-state index in [2.05, 4.69) is 16.0 Å². The molecule has 0 radical (unpaired) electrons. The minimum atomic E-state index is -1.17. The van der Waals surface area contributed by atoms with Gasteiger partial charge in [0.05, 0.1) is 6.54 Å². The Balaban J connectivity index is 2.63. The zero-order valence-electron chi connectivity index (χ0n) is 16.8. The minimum Gasteiger partial charge on any atom is -0.480 e. The molecule has 0 aliphatic carbocycles. The predicted octanol–water partition coefficient (Wildman–Crippen LogP) is -0.206. The van der Waals surface area contributed by atoms with Crippen LogP contribution in [-0.2, 0) is 25.6 Å². The summed E-state index contributed by atoms with van der Waals surface area (Å²) in [6, 6.07) is 7.00. The number of nitrogens with one attached hydrogen (secondary N) is 3. The van der Waals surface area contributed by atoms with Crippen LogP contribution in [0.3, 0.4) is 0 Å². The number of carbonyl (C=O) groups excluding carboxylic acids is 3. The first-order chi connectivity index (χ1) is 13.8. The van der Waals surface area contributed by atoms with E-state index in [9.17, 15) is 24.3 Å². The van der Waals surface area contributed by atoms with Crippen molar-refractivity contribution in [3.05, 3.63) is 35.9 Å². The van der Waals surface area contributed by atoms with Crippen molar-refractivity contribution >= 4 is 23.7 Å². The summed E-state index contributed by atoms with van der Waals surface area (Å²) in [5.74, 6) is -2.79. The average Bonchev–Trinajstić information content (AvgIpc) is 2.70. The zero-order valence-corrected chi connectivity index (χ0v) is 16.8. The Morgan fingerprint density at radius 2 is 1.72 bits per heavy atom. The number of rotatable bonds is 12. The van der Waals surface area contributed by atoms with Crippen molar-refractivity contribution in [1.29, 1.82) is 0 Å². The van der Waals surface area contributed by atoms with Crippen molar-refractivity contribution in [3.63, 3.8) is 0 Å². The molecule has 0 aromatic heterocycles. The molecular weight excluding hydrogens is 376 g/mol. The minimum absolute atomic E-state index is 0.0977. The number of carbonyl (C=O) groups is 4. The Kier molecular flexibility index (Phi) is 10.4. The molecule has 9 heteroatoms. The third-order valence-electron chi connectivity index (χ3n) is 4.52. The van der Waals surface area contributed by atoms with E-state index in [0.29, 0.717) is 6.42 Å². The number of hydrogen-bond donors (Lipinski definition) is 5. The predicted molar refractivity (Wildman–Crippen MR) is 108 cm³/mol. The highest BCUT2D eigenvalue weighted by Gasteiger charge is 2.26. The van der Waals surface area contributed by atoms with Crippen molar-refractivity contribution in [1.82, 2.24) is 16.0 Å². The largest absolute Gasteiger partial charge is 0.480 e. The van der Waals surface area contributed by atoms with Gasteiger partial charge in [-0.3, -0.25) is 14.4 Å². The lowest BCUT2D eigenvalue weighted by atomic mass is 9.98. The third kappa shape index (κ3) is 8.73. The number of carboxylic acid groups (broad SMARTS) is 1. The number of nitrogens with two attached hydrogens (primary N) is 1. The van der Waals surface area contributed by atoms with Crippen LogP contribution in [0.25, 0.3) is 0 Å². The Labute approximate surface area is 170 Å². The summed E-state index contributed by atoms with van der Waals surface area (Å²) in [5.41, 5.74) is 6.12. The molecule has 1 aromatic rings. The van der Waals surface area contributed by atoms with Gasteiger partial charge in [-0.2, -0.15) is 0 Å². The fourth-order valence-corrected chi connectivity index (χ4v) is 2.65. The van der Waals surface area contributed by atoms with E-state index < -0.39 is 36.4 Å². The molecule has 3 amide bonds. The van der Waals surface area contributed by atoms with Gasteiger partial charge in [0.25, 0.3) is 0 Å². The van der Waals surface area contributed by atoms with Crippen LogP contribution in [0.5, 0.6) is 0 Å². The van der Waals surface area contributed by atoms with Crippen LogP contribution in [-0.4, -0.2) is 54.0 Å². The molecule has 0 bridgehead atoms. The molecule has 1 aromatic carbocycles. The van der Waals surface area contributed by atoms with Crippen molar-refractivity contribution in [2.45, 2.75) is 45.2 Å². The molecule has 0 unspecified atom stereocenters. The number of benzene rings is 1. The van der Waals surface area contributed by atoms with E-state index in [1.165, 1.54) is 0 Å². The van der Waals surface area contributed by atoms with Gasteiger partial charge >= 0.3 is 5.97 Å². The molecule has 0 aliphatic heterocycles. The molecule has 0 fully saturated rings. The van der Waals surface area contributed by atoms with Crippen LogP contribution in [0.1, 0.15) is 32.3 Å². The van der Waals surface area contributed by atoms with Crippen LogP contribution in [0, 0.1) is 5.92 Å². The summed E-state index contributed by atoms with van der Waals surface area (Å²) < 4.78 is 0. The molecule has 160 valence electrons. The van der Waals surface area contributed by atoms with Crippen molar-refractivity contribution in [2.75, 3.05) is 13.1 Å². The first-order valence-electron chi connectivity index (χ1n) is 9.61. The Morgan fingerprint density at radius 3 is 2.28 bits per heavy atom. The molecule has 3 atom stereocenters.